The Kier molecular flexibility index (Phi) is 5.40. The van der Waals surface area contributed by atoms with E-state index in [9.17, 15) is 4.79 Å². The van der Waals surface area contributed by atoms with Crippen molar-refractivity contribution in [3.05, 3.63) is 28.2 Å². The standard InChI is InChI=1S/C15H19BrO3/c1-18-15-6-5-12(9-13(15)16)14(17)10-19-8-7-11-3-2-4-11/h5-6,9,11H,2-4,7-8,10H2,1H3. The predicted molar refractivity (Wildman–Crippen MR) is 77.8 cm³/mol. The zero-order chi connectivity index (χ0) is 13.7. The molecule has 4 heteroatoms. The molecule has 0 N–H and O–H groups in total. The van der Waals surface area contributed by atoms with Crippen LogP contribution >= 0.6 is 15.9 Å². The van der Waals surface area contributed by atoms with Crippen molar-refractivity contribution in [3.8, 4) is 5.75 Å². The second-order valence-electron chi connectivity index (χ2n) is 4.91. The molecule has 0 unspecified atom stereocenters. The molecule has 0 aliphatic heterocycles. The lowest BCUT2D eigenvalue weighted by molar-refractivity contribution is 0.0705. The lowest BCUT2D eigenvalue weighted by Crippen LogP contribution is -2.16. The van der Waals surface area contributed by atoms with Crippen LogP contribution in [0.2, 0.25) is 0 Å². The van der Waals surface area contributed by atoms with Crippen molar-refractivity contribution < 1.29 is 14.3 Å². The quantitative estimate of drug-likeness (QED) is 0.564. The molecule has 3 nitrogen and oxygen atoms in total. The molecule has 0 atom stereocenters. The van der Waals surface area contributed by atoms with E-state index in [1.807, 2.05) is 0 Å². The highest BCUT2D eigenvalue weighted by molar-refractivity contribution is 9.10. The minimum absolute atomic E-state index is 0.0111. The maximum Gasteiger partial charge on any atom is 0.188 e. The smallest absolute Gasteiger partial charge is 0.188 e. The lowest BCUT2D eigenvalue weighted by atomic mass is 9.83. The number of benzene rings is 1. The number of carbonyl (C=O) groups excluding carboxylic acids is 1. The fraction of sp³-hybridized carbons (Fsp3) is 0.533. The summed E-state index contributed by atoms with van der Waals surface area (Å²) in [6.07, 6.45) is 5.08. The first-order chi connectivity index (χ1) is 9.20. The maximum absolute atomic E-state index is 11.9. The zero-order valence-corrected chi connectivity index (χ0v) is 12.7. The minimum atomic E-state index is 0.0111. The second-order valence-corrected chi connectivity index (χ2v) is 5.77. The van der Waals surface area contributed by atoms with Gasteiger partial charge in [-0.25, -0.2) is 0 Å². The summed E-state index contributed by atoms with van der Waals surface area (Å²) in [4.78, 5) is 11.9. The largest absolute Gasteiger partial charge is 0.496 e. The molecular formula is C15H19BrO3. The topological polar surface area (TPSA) is 35.5 Å². The molecule has 1 aromatic rings. The van der Waals surface area contributed by atoms with Gasteiger partial charge < -0.3 is 9.47 Å². The van der Waals surface area contributed by atoms with Crippen molar-refractivity contribution in [2.45, 2.75) is 25.7 Å². The molecule has 1 saturated carbocycles. The number of ketones is 1. The molecule has 2 rings (SSSR count). The van der Waals surface area contributed by atoms with Crippen LogP contribution in [0, 0.1) is 5.92 Å². The molecular weight excluding hydrogens is 308 g/mol. The van der Waals surface area contributed by atoms with Gasteiger partial charge in [0.15, 0.2) is 5.78 Å². The van der Waals surface area contributed by atoms with Gasteiger partial charge in [0, 0.05) is 12.2 Å². The summed E-state index contributed by atoms with van der Waals surface area (Å²) in [6, 6.07) is 5.32. The Morgan fingerprint density at radius 3 is 2.79 bits per heavy atom. The van der Waals surface area contributed by atoms with Crippen molar-refractivity contribution in [1.82, 2.24) is 0 Å². The molecule has 0 heterocycles. The van der Waals surface area contributed by atoms with Gasteiger partial charge in [0.1, 0.15) is 12.4 Å². The lowest BCUT2D eigenvalue weighted by Gasteiger charge is -2.24. The summed E-state index contributed by atoms with van der Waals surface area (Å²) in [6.45, 7) is 0.846. The minimum Gasteiger partial charge on any atom is -0.496 e. The molecule has 1 fully saturated rings. The number of hydrogen-bond acceptors (Lipinski definition) is 3. The number of hydrogen-bond donors (Lipinski definition) is 0. The fourth-order valence-electron chi connectivity index (χ4n) is 2.12. The van der Waals surface area contributed by atoms with Gasteiger partial charge in [-0.05, 0) is 46.5 Å². The van der Waals surface area contributed by atoms with Gasteiger partial charge in [0.2, 0.25) is 0 Å². The highest BCUT2D eigenvalue weighted by Gasteiger charge is 2.17. The Labute approximate surface area is 122 Å². The van der Waals surface area contributed by atoms with Crippen molar-refractivity contribution in [2.24, 2.45) is 5.92 Å². The molecule has 0 bridgehead atoms. The fourth-order valence-corrected chi connectivity index (χ4v) is 2.66. The van der Waals surface area contributed by atoms with Crippen LogP contribution in [0.25, 0.3) is 0 Å². The maximum atomic E-state index is 11.9. The van der Waals surface area contributed by atoms with Crippen LogP contribution < -0.4 is 4.74 Å². The number of Topliss-reactive ketones (excluding diaryl/α,β-unsaturated/α-hetero) is 1. The summed E-state index contributed by atoms with van der Waals surface area (Å²) < 4.78 is 11.4. The number of methoxy groups -OCH3 is 1. The van der Waals surface area contributed by atoms with E-state index in [1.165, 1.54) is 19.3 Å². The average molecular weight is 327 g/mol. The summed E-state index contributed by atoms with van der Waals surface area (Å²) >= 11 is 3.38. The molecule has 1 aliphatic carbocycles. The van der Waals surface area contributed by atoms with E-state index < -0.39 is 0 Å². The van der Waals surface area contributed by atoms with Crippen molar-refractivity contribution in [2.75, 3.05) is 20.3 Å². The Balaban J connectivity index is 1.77. The Hall–Kier alpha value is -0.870. The van der Waals surface area contributed by atoms with Crippen molar-refractivity contribution in [1.29, 1.82) is 0 Å². The SMILES string of the molecule is COc1ccc(C(=O)COCCC2CCC2)cc1Br. The van der Waals surface area contributed by atoms with Crippen LogP contribution in [0.4, 0.5) is 0 Å². The summed E-state index contributed by atoms with van der Waals surface area (Å²) in [7, 11) is 1.60. The van der Waals surface area contributed by atoms with Gasteiger partial charge in [-0.15, -0.1) is 0 Å². The van der Waals surface area contributed by atoms with E-state index in [4.69, 9.17) is 9.47 Å². The highest BCUT2D eigenvalue weighted by atomic mass is 79.9. The molecule has 1 aromatic carbocycles. The summed E-state index contributed by atoms with van der Waals surface area (Å²) in [5, 5.41) is 0. The Morgan fingerprint density at radius 2 is 2.21 bits per heavy atom. The van der Waals surface area contributed by atoms with Crippen molar-refractivity contribution in [3.63, 3.8) is 0 Å². The molecule has 0 spiro atoms. The van der Waals surface area contributed by atoms with E-state index in [-0.39, 0.29) is 12.4 Å². The van der Waals surface area contributed by atoms with E-state index in [1.54, 1.807) is 25.3 Å². The van der Waals surface area contributed by atoms with Crippen LogP contribution in [0.1, 0.15) is 36.0 Å². The van der Waals surface area contributed by atoms with E-state index in [2.05, 4.69) is 15.9 Å². The van der Waals surface area contributed by atoms with Gasteiger partial charge in [-0.3, -0.25) is 4.79 Å². The Morgan fingerprint density at radius 1 is 1.42 bits per heavy atom. The molecule has 0 radical (unpaired) electrons. The zero-order valence-electron chi connectivity index (χ0n) is 11.2. The molecule has 0 aromatic heterocycles. The van der Waals surface area contributed by atoms with Gasteiger partial charge in [0.25, 0.3) is 0 Å². The van der Waals surface area contributed by atoms with Crippen LogP contribution in [0.5, 0.6) is 5.75 Å². The number of carbonyl (C=O) groups is 1. The first-order valence-corrected chi connectivity index (χ1v) is 7.44. The first-order valence-electron chi connectivity index (χ1n) is 6.65. The van der Waals surface area contributed by atoms with E-state index >= 15 is 0 Å². The molecule has 0 amide bonds. The van der Waals surface area contributed by atoms with Gasteiger partial charge >= 0.3 is 0 Å². The average Bonchev–Trinajstić information content (AvgIpc) is 2.36. The van der Waals surface area contributed by atoms with E-state index in [0.29, 0.717) is 12.2 Å². The molecule has 0 saturated heterocycles. The monoisotopic (exact) mass is 326 g/mol. The second kappa shape index (κ2) is 7.06. The normalized spacial score (nSPS) is 15.1. The first kappa shape index (κ1) is 14.5. The third-order valence-electron chi connectivity index (χ3n) is 3.60. The summed E-state index contributed by atoms with van der Waals surface area (Å²) in [5.74, 6) is 1.56. The Bertz CT molecular complexity index is 441. The third-order valence-corrected chi connectivity index (χ3v) is 4.22. The molecule has 1 aliphatic rings. The highest BCUT2D eigenvalue weighted by Crippen LogP contribution is 2.29. The van der Waals surface area contributed by atoms with Crippen LogP contribution in [0.15, 0.2) is 22.7 Å². The third kappa shape index (κ3) is 4.05. The number of ether oxygens (including phenoxy) is 2. The molecule has 19 heavy (non-hydrogen) atoms. The number of rotatable bonds is 7. The van der Waals surface area contributed by atoms with Crippen LogP contribution in [-0.4, -0.2) is 26.1 Å². The van der Waals surface area contributed by atoms with Crippen LogP contribution in [0.3, 0.4) is 0 Å². The van der Waals surface area contributed by atoms with Crippen LogP contribution in [-0.2, 0) is 4.74 Å². The van der Waals surface area contributed by atoms with E-state index in [0.717, 1.165) is 22.6 Å². The van der Waals surface area contributed by atoms with Gasteiger partial charge in [-0.2, -0.15) is 0 Å². The van der Waals surface area contributed by atoms with Crippen molar-refractivity contribution >= 4 is 21.7 Å². The predicted octanol–water partition coefficient (Wildman–Crippen LogP) is 3.85. The summed E-state index contributed by atoms with van der Waals surface area (Å²) in [5.41, 5.74) is 0.649. The van der Waals surface area contributed by atoms with Gasteiger partial charge in [0.05, 0.1) is 11.6 Å². The van der Waals surface area contributed by atoms with Gasteiger partial charge in [-0.1, -0.05) is 19.3 Å². The molecule has 104 valence electrons. The number of halogens is 1.